The second-order valence-electron chi connectivity index (χ2n) is 6.45. The number of hydrogen-bond donors (Lipinski definition) is 0. The zero-order valence-electron chi connectivity index (χ0n) is 16.1. The highest BCUT2D eigenvalue weighted by Gasteiger charge is 2.28. The molecule has 3 rings (SSSR count). The zero-order valence-corrected chi connectivity index (χ0v) is 16.1. The fourth-order valence-electron chi connectivity index (χ4n) is 3.70. The van der Waals surface area contributed by atoms with E-state index in [1.807, 2.05) is 12.1 Å². The van der Waals surface area contributed by atoms with Gasteiger partial charge >= 0.3 is 0 Å². The van der Waals surface area contributed by atoms with Crippen molar-refractivity contribution in [3.63, 3.8) is 0 Å². The Balaban J connectivity index is 2.04. The largest absolute Gasteiger partial charge is 0.457 e. The third-order valence-corrected chi connectivity index (χ3v) is 5.22. The summed E-state index contributed by atoms with van der Waals surface area (Å²) in [6.07, 6.45) is 0. The molecule has 0 amide bonds. The lowest BCUT2D eigenvalue weighted by atomic mass is 9.88. The van der Waals surface area contributed by atoms with Gasteiger partial charge in [-0.1, -0.05) is 12.1 Å². The standard InChI is InChI=1S/C22H27N3O/c1-5-24(6-2)16-9-11-18-20(15-23)19-12-10-17(25(7-3)8-4)14-22(19)26-21(18)13-16/h9-14,20H,5-8H2,1-4H3. The van der Waals surface area contributed by atoms with Crippen LogP contribution >= 0.6 is 0 Å². The number of nitrogens with zero attached hydrogens (tertiary/aromatic N) is 3. The second kappa shape index (κ2) is 7.70. The molecular formula is C22H27N3O. The Bertz CT molecular complexity index is 755. The van der Waals surface area contributed by atoms with Crippen molar-refractivity contribution < 1.29 is 4.74 Å². The van der Waals surface area contributed by atoms with Crippen LogP contribution in [0.5, 0.6) is 11.5 Å². The summed E-state index contributed by atoms with van der Waals surface area (Å²) in [6.45, 7) is 12.4. The normalized spacial score (nSPS) is 12.6. The first-order chi connectivity index (χ1) is 12.7. The molecule has 136 valence electrons. The van der Waals surface area contributed by atoms with Crippen molar-refractivity contribution in [2.24, 2.45) is 0 Å². The van der Waals surface area contributed by atoms with E-state index in [9.17, 15) is 5.26 Å². The van der Waals surface area contributed by atoms with Gasteiger partial charge in [-0.25, -0.2) is 0 Å². The van der Waals surface area contributed by atoms with E-state index in [1.54, 1.807) is 0 Å². The lowest BCUT2D eigenvalue weighted by Crippen LogP contribution is -2.23. The van der Waals surface area contributed by atoms with Crippen molar-refractivity contribution in [1.29, 1.82) is 5.26 Å². The first-order valence-electron chi connectivity index (χ1n) is 9.51. The Hall–Kier alpha value is -2.67. The van der Waals surface area contributed by atoms with Crippen LogP contribution in [0.2, 0.25) is 0 Å². The molecule has 0 saturated carbocycles. The number of nitriles is 1. The molecule has 0 N–H and O–H groups in total. The third kappa shape index (κ3) is 3.10. The van der Waals surface area contributed by atoms with Crippen molar-refractivity contribution in [2.45, 2.75) is 33.6 Å². The lowest BCUT2D eigenvalue weighted by Gasteiger charge is -2.29. The van der Waals surface area contributed by atoms with Crippen LogP contribution < -0.4 is 14.5 Å². The molecule has 0 saturated heterocycles. The predicted molar refractivity (Wildman–Crippen MR) is 108 cm³/mol. The van der Waals surface area contributed by atoms with E-state index in [0.717, 1.165) is 60.2 Å². The molecule has 4 nitrogen and oxygen atoms in total. The Morgan fingerprint density at radius 1 is 0.808 bits per heavy atom. The molecule has 2 aromatic rings. The first-order valence-corrected chi connectivity index (χ1v) is 9.51. The molecule has 1 aliphatic rings. The van der Waals surface area contributed by atoms with Gasteiger partial charge in [-0.3, -0.25) is 0 Å². The molecule has 0 atom stereocenters. The van der Waals surface area contributed by atoms with E-state index in [1.165, 1.54) is 0 Å². The maximum atomic E-state index is 9.80. The van der Waals surface area contributed by atoms with E-state index in [2.05, 4.69) is 67.8 Å². The monoisotopic (exact) mass is 349 g/mol. The van der Waals surface area contributed by atoms with Gasteiger partial charge in [0.05, 0.1) is 6.07 Å². The van der Waals surface area contributed by atoms with Gasteiger partial charge in [0.1, 0.15) is 17.4 Å². The minimum Gasteiger partial charge on any atom is -0.457 e. The molecule has 1 heterocycles. The molecule has 0 radical (unpaired) electrons. The summed E-state index contributed by atoms with van der Waals surface area (Å²) >= 11 is 0. The molecule has 0 aliphatic carbocycles. The number of rotatable bonds is 6. The highest BCUT2D eigenvalue weighted by molar-refractivity contribution is 5.65. The van der Waals surface area contributed by atoms with Gasteiger partial charge in [0, 0.05) is 60.8 Å². The van der Waals surface area contributed by atoms with Crippen LogP contribution in [0.15, 0.2) is 36.4 Å². The van der Waals surface area contributed by atoms with Crippen LogP contribution in [0.4, 0.5) is 11.4 Å². The Morgan fingerprint density at radius 2 is 1.23 bits per heavy atom. The highest BCUT2D eigenvalue weighted by atomic mass is 16.5. The Kier molecular flexibility index (Phi) is 5.37. The van der Waals surface area contributed by atoms with Crippen LogP contribution in [0.25, 0.3) is 0 Å². The quantitative estimate of drug-likeness (QED) is 0.724. The Labute approximate surface area is 156 Å². The maximum Gasteiger partial charge on any atom is 0.134 e. The minimum absolute atomic E-state index is 0.287. The number of ether oxygens (including phenoxy) is 1. The Morgan fingerprint density at radius 3 is 1.58 bits per heavy atom. The van der Waals surface area contributed by atoms with Crippen molar-refractivity contribution in [1.82, 2.24) is 0 Å². The molecule has 2 aromatic carbocycles. The average Bonchev–Trinajstić information content (AvgIpc) is 2.67. The molecular weight excluding hydrogens is 322 g/mol. The van der Waals surface area contributed by atoms with Gasteiger partial charge in [-0.15, -0.1) is 0 Å². The number of fused-ring (bicyclic) bond motifs is 2. The predicted octanol–water partition coefficient (Wildman–Crippen LogP) is 5.14. The van der Waals surface area contributed by atoms with Crippen molar-refractivity contribution in [2.75, 3.05) is 36.0 Å². The number of benzene rings is 2. The summed E-state index contributed by atoms with van der Waals surface area (Å²) in [7, 11) is 0. The van der Waals surface area contributed by atoms with E-state index in [0.29, 0.717) is 0 Å². The molecule has 26 heavy (non-hydrogen) atoms. The van der Waals surface area contributed by atoms with Crippen molar-refractivity contribution >= 4 is 11.4 Å². The van der Waals surface area contributed by atoms with Crippen molar-refractivity contribution in [3.8, 4) is 17.6 Å². The fourth-order valence-corrected chi connectivity index (χ4v) is 3.70. The summed E-state index contributed by atoms with van der Waals surface area (Å²) < 4.78 is 6.26. The highest BCUT2D eigenvalue weighted by Crippen LogP contribution is 2.46. The van der Waals surface area contributed by atoms with Crippen LogP contribution in [-0.4, -0.2) is 26.2 Å². The van der Waals surface area contributed by atoms with Crippen LogP contribution in [0, 0.1) is 11.3 Å². The van der Waals surface area contributed by atoms with Crippen molar-refractivity contribution in [3.05, 3.63) is 47.5 Å². The van der Waals surface area contributed by atoms with Crippen LogP contribution in [0.3, 0.4) is 0 Å². The number of hydrogen-bond acceptors (Lipinski definition) is 4. The molecule has 1 aliphatic heterocycles. The molecule has 4 heteroatoms. The van der Waals surface area contributed by atoms with Crippen LogP contribution in [-0.2, 0) is 0 Å². The van der Waals surface area contributed by atoms with Gasteiger partial charge < -0.3 is 14.5 Å². The minimum atomic E-state index is -0.287. The fraction of sp³-hybridized carbons (Fsp3) is 0.409. The molecule has 0 aromatic heterocycles. The smallest absolute Gasteiger partial charge is 0.134 e. The van der Waals surface area contributed by atoms with Crippen LogP contribution in [0.1, 0.15) is 44.7 Å². The lowest BCUT2D eigenvalue weighted by molar-refractivity contribution is 0.455. The summed E-state index contributed by atoms with van der Waals surface area (Å²) in [6, 6.07) is 14.9. The van der Waals surface area contributed by atoms with Gasteiger partial charge in [-0.2, -0.15) is 5.26 Å². The van der Waals surface area contributed by atoms with E-state index in [4.69, 9.17) is 4.74 Å². The van der Waals surface area contributed by atoms with E-state index < -0.39 is 0 Å². The molecule has 0 bridgehead atoms. The van der Waals surface area contributed by atoms with E-state index >= 15 is 0 Å². The maximum absolute atomic E-state index is 9.80. The van der Waals surface area contributed by atoms with Gasteiger partial charge in [0.15, 0.2) is 0 Å². The summed E-state index contributed by atoms with van der Waals surface area (Å²) in [4.78, 5) is 4.57. The van der Waals surface area contributed by atoms with Gasteiger partial charge in [-0.05, 0) is 39.8 Å². The zero-order chi connectivity index (χ0) is 18.7. The first kappa shape index (κ1) is 18.1. The molecule has 0 spiro atoms. The van der Waals surface area contributed by atoms with Gasteiger partial charge in [0.2, 0.25) is 0 Å². The van der Waals surface area contributed by atoms with Gasteiger partial charge in [0.25, 0.3) is 0 Å². The SMILES string of the molecule is CCN(CC)c1ccc2c(c1)Oc1cc(N(CC)CC)ccc1C2C#N. The summed E-state index contributed by atoms with van der Waals surface area (Å²) in [5.74, 6) is 1.31. The molecule has 0 unspecified atom stereocenters. The summed E-state index contributed by atoms with van der Waals surface area (Å²) in [5.41, 5.74) is 4.17. The third-order valence-electron chi connectivity index (χ3n) is 5.22. The molecule has 0 fully saturated rings. The van der Waals surface area contributed by atoms with E-state index in [-0.39, 0.29) is 5.92 Å². The number of anilines is 2. The summed E-state index contributed by atoms with van der Waals surface area (Å²) in [5, 5.41) is 9.80. The topological polar surface area (TPSA) is 39.5 Å². The average molecular weight is 349 g/mol. The second-order valence-corrected chi connectivity index (χ2v) is 6.45.